The zero-order valence-electron chi connectivity index (χ0n) is 16.0. The van der Waals surface area contributed by atoms with Gasteiger partial charge in [0.2, 0.25) is 0 Å². The molecule has 1 amide bonds. The molecule has 0 N–H and O–H groups in total. The predicted molar refractivity (Wildman–Crippen MR) is 112 cm³/mol. The van der Waals surface area contributed by atoms with Crippen LogP contribution in [0.5, 0.6) is 0 Å². The van der Waals surface area contributed by atoms with E-state index in [0.717, 1.165) is 22.8 Å². The average molecular weight is 391 g/mol. The minimum Gasteiger partial charge on any atom is -0.334 e. The third-order valence-electron chi connectivity index (χ3n) is 4.40. The number of hydrogen-bond acceptors (Lipinski definition) is 4. The fourth-order valence-electron chi connectivity index (χ4n) is 3.04. The number of hydrogen-bond donors (Lipinski definition) is 0. The lowest BCUT2D eigenvalue weighted by atomic mass is 10.1. The number of imidazole rings is 1. The van der Waals surface area contributed by atoms with Crippen molar-refractivity contribution in [2.75, 3.05) is 12.8 Å². The summed E-state index contributed by atoms with van der Waals surface area (Å²) in [6, 6.07) is 17.1. The van der Waals surface area contributed by atoms with Gasteiger partial charge in [0.25, 0.3) is 5.91 Å². The van der Waals surface area contributed by atoms with Crippen molar-refractivity contribution in [3.05, 3.63) is 77.6 Å². The molecule has 2 aromatic carbocycles. The molecule has 0 saturated heterocycles. The summed E-state index contributed by atoms with van der Waals surface area (Å²) in [5.41, 5.74) is 3.20. The smallest absolute Gasteiger partial charge is 0.254 e. The number of amides is 1. The summed E-state index contributed by atoms with van der Waals surface area (Å²) in [6.45, 7) is 3.25. The first-order chi connectivity index (χ1) is 13.7. The fourth-order valence-corrected chi connectivity index (χ4v) is 3.57. The lowest BCUT2D eigenvalue weighted by Crippen LogP contribution is -2.31. The highest BCUT2D eigenvalue weighted by Crippen LogP contribution is 2.20. The molecule has 0 aliphatic rings. The van der Waals surface area contributed by atoms with E-state index in [1.54, 1.807) is 30.1 Å². The summed E-state index contributed by atoms with van der Waals surface area (Å²) in [4.78, 5) is 19.4. The Morgan fingerprint density at radius 3 is 2.71 bits per heavy atom. The largest absolute Gasteiger partial charge is 0.334 e. The number of rotatable bonds is 7. The summed E-state index contributed by atoms with van der Waals surface area (Å²) in [6.07, 6.45) is 6.51. The molecule has 0 bridgehead atoms. The lowest BCUT2D eigenvalue weighted by Gasteiger charge is -2.23. The van der Waals surface area contributed by atoms with Crippen LogP contribution in [0.1, 0.15) is 34.8 Å². The summed E-state index contributed by atoms with van der Waals surface area (Å²) in [5.74, 6) is -0.00104. The lowest BCUT2D eigenvalue weighted by molar-refractivity contribution is 0.0743. The van der Waals surface area contributed by atoms with E-state index in [2.05, 4.69) is 18.0 Å². The van der Waals surface area contributed by atoms with E-state index < -0.39 is 0 Å². The van der Waals surface area contributed by atoms with E-state index >= 15 is 0 Å². The Labute approximate surface area is 169 Å². The molecule has 3 aromatic rings. The third-order valence-corrected chi connectivity index (χ3v) is 5.07. The van der Waals surface area contributed by atoms with Crippen LogP contribution in [0.4, 0.5) is 0 Å². The second kappa shape index (κ2) is 9.25. The van der Waals surface area contributed by atoms with Crippen molar-refractivity contribution in [3.8, 4) is 11.8 Å². The molecule has 0 aliphatic carbocycles. The molecule has 0 radical (unpaired) electrons. The Balaban J connectivity index is 1.85. The average Bonchev–Trinajstić information content (AvgIpc) is 3.22. The molecule has 0 saturated carbocycles. The maximum atomic E-state index is 13.2. The molecule has 0 atom stereocenters. The molecule has 5 nitrogen and oxygen atoms in total. The highest BCUT2D eigenvalue weighted by molar-refractivity contribution is 7.98. The first-order valence-corrected chi connectivity index (χ1v) is 10.3. The number of thioether (sulfide) groups is 1. The van der Waals surface area contributed by atoms with Crippen molar-refractivity contribution in [3.63, 3.8) is 0 Å². The van der Waals surface area contributed by atoms with Crippen LogP contribution in [0, 0.1) is 11.3 Å². The number of carbonyl (C=O) groups is 1. The summed E-state index contributed by atoms with van der Waals surface area (Å²) < 4.78 is 1.98. The van der Waals surface area contributed by atoms with Gasteiger partial charge in [0, 0.05) is 36.7 Å². The van der Waals surface area contributed by atoms with Crippen molar-refractivity contribution in [1.82, 2.24) is 14.5 Å². The van der Waals surface area contributed by atoms with Crippen molar-refractivity contribution in [1.29, 1.82) is 5.26 Å². The molecule has 0 aliphatic heterocycles. The van der Waals surface area contributed by atoms with Gasteiger partial charge in [0.1, 0.15) is 0 Å². The van der Waals surface area contributed by atoms with Gasteiger partial charge in [-0.3, -0.25) is 9.36 Å². The minimum atomic E-state index is -0.00104. The molecule has 142 valence electrons. The third kappa shape index (κ3) is 4.44. The monoisotopic (exact) mass is 390 g/mol. The number of carbonyl (C=O) groups excluding carboxylic acids is 1. The van der Waals surface area contributed by atoms with Crippen LogP contribution in [0.2, 0.25) is 0 Å². The van der Waals surface area contributed by atoms with Gasteiger partial charge in [0.05, 0.1) is 11.6 Å². The number of nitriles is 1. The van der Waals surface area contributed by atoms with Gasteiger partial charge in [-0.15, -0.1) is 0 Å². The molecular weight excluding hydrogens is 368 g/mol. The highest BCUT2D eigenvalue weighted by Gasteiger charge is 2.16. The standard InChI is InChI=1S/C22H22N4OS/c1-3-12-25(16-18-9-7-17(15-23)8-10-18)21(27)19-5-4-6-20(14-19)26-13-11-24-22(26)28-2/h4-11,13-14H,3,12,16H2,1-2H3. The molecular formula is C22H22N4OS. The van der Waals surface area contributed by atoms with Crippen molar-refractivity contribution in [2.24, 2.45) is 0 Å². The molecule has 0 unspecified atom stereocenters. The summed E-state index contributed by atoms with van der Waals surface area (Å²) in [7, 11) is 0. The molecule has 1 aromatic heterocycles. The van der Waals surface area contributed by atoms with E-state index in [0.29, 0.717) is 24.2 Å². The van der Waals surface area contributed by atoms with Crippen LogP contribution in [0.25, 0.3) is 5.69 Å². The van der Waals surface area contributed by atoms with Gasteiger partial charge in [0.15, 0.2) is 5.16 Å². The van der Waals surface area contributed by atoms with Crippen LogP contribution in [0.15, 0.2) is 66.1 Å². The van der Waals surface area contributed by atoms with Gasteiger partial charge in [-0.05, 0) is 48.6 Å². The topological polar surface area (TPSA) is 61.9 Å². The van der Waals surface area contributed by atoms with Crippen LogP contribution in [-0.4, -0.2) is 33.2 Å². The molecule has 0 spiro atoms. The van der Waals surface area contributed by atoms with E-state index in [-0.39, 0.29) is 5.91 Å². The summed E-state index contributed by atoms with van der Waals surface area (Å²) in [5, 5.41) is 9.83. The highest BCUT2D eigenvalue weighted by atomic mass is 32.2. The Morgan fingerprint density at radius 2 is 2.04 bits per heavy atom. The first-order valence-electron chi connectivity index (χ1n) is 9.12. The van der Waals surface area contributed by atoms with Gasteiger partial charge in [-0.25, -0.2) is 4.98 Å². The fraction of sp³-hybridized carbons (Fsp3) is 0.227. The van der Waals surface area contributed by atoms with Crippen LogP contribution >= 0.6 is 11.8 Å². The second-order valence-corrected chi connectivity index (χ2v) is 7.14. The van der Waals surface area contributed by atoms with E-state index in [1.807, 2.05) is 58.3 Å². The molecule has 28 heavy (non-hydrogen) atoms. The zero-order valence-corrected chi connectivity index (χ0v) is 16.8. The molecule has 3 rings (SSSR count). The van der Waals surface area contributed by atoms with Gasteiger partial charge >= 0.3 is 0 Å². The predicted octanol–water partition coefficient (Wildman–Crippen LogP) is 4.52. The second-order valence-electron chi connectivity index (χ2n) is 6.37. The van der Waals surface area contributed by atoms with E-state index in [1.165, 1.54) is 0 Å². The van der Waals surface area contributed by atoms with E-state index in [9.17, 15) is 4.79 Å². The number of benzene rings is 2. The van der Waals surface area contributed by atoms with Crippen molar-refractivity contribution >= 4 is 17.7 Å². The van der Waals surface area contributed by atoms with Gasteiger partial charge in [-0.2, -0.15) is 5.26 Å². The number of nitrogens with zero attached hydrogens (tertiary/aromatic N) is 4. The SMILES string of the molecule is CCCN(Cc1ccc(C#N)cc1)C(=O)c1cccc(-n2ccnc2SC)c1. The van der Waals surface area contributed by atoms with Crippen LogP contribution in [0.3, 0.4) is 0 Å². The Hall–Kier alpha value is -3.04. The van der Waals surface area contributed by atoms with Crippen molar-refractivity contribution < 1.29 is 4.79 Å². The van der Waals surface area contributed by atoms with Gasteiger partial charge in [-0.1, -0.05) is 36.9 Å². The maximum absolute atomic E-state index is 13.2. The van der Waals surface area contributed by atoms with E-state index in [4.69, 9.17) is 5.26 Å². The molecule has 1 heterocycles. The maximum Gasteiger partial charge on any atom is 0.254 e. The Kier molecular flexibility index (Phi) is 6.51. The van der Waals surface area contributed by atoms with Crippen LogP contribution in [-0.2, 0) is 6.54 Å². The summed E-state index contributed by atoms with van der Waals surface area (Å²) >= 11 is 1.56. The van der Waals surface area contributed by atoms with Gasteiger partial charge < -0.3 is 4.90 Å². The molecule has 6 heteroatoms. The minimum absolute atomic E-state index is 0.00104. The normalized spacial score (nSPS) is 10.5. The zero-order chi connectivity index (χ0) is 19.9. The Bertz CT molecular complexity index is 988. The Morgan fingerprint density at radius 1 is 1.25 bits per heavy atom. The number of aromatic nitrogens is 2. The first kappa shape index (κ1) is 19.7. The van der Waals surface area contributed by atoms with Crippen LogP contribution < -0.4 is 0 Å². The molecule has 0 fully saturated rings. The van der Waals surface area contributed by atoms with Crippen molar-refractivity contribution in [2.45, 2.75) is 25.0 Å². The quantitative estimate of drug-likeness (QED) is 0.557.